The highest BCUT2D eigenvalue weighted by atomic mass is 32.2. The van der Waals surface area contributed by atoms with Crippen LogP contribution in [-0.2, 0) is 4.79 Å². The molecule has 0 radical (unpaired) electrons. The van der Waals surface area contributed by atoms with Gasteiger partial charge in [-0.3, -0.25) is 9.59 Å². The second-order valence-corrected chi connectivity index (χ2v) is 6.62. The standard InChI is InChI=1S/C19H21NO2S/c1-14-5-11-18(12-6-14)23-13-3-4-19(22)20-17-9-7-16(8-10-17)15(2)21/h5-12H,3-4,13H2,1-2H3,(H,20,22). The molecule has 0 bridgehead atoms. The summed E-state index contributed by atoms with van der Waals surface area (Å²) in [5, 5.41) is 2.85. The molecule has 2 aromatic carbocycles. The van der Waals surface area contributed by atoms with E-state index in [0.717, 1.165) is 17.9 Å². The number of rotatable bonds is 7. The lowest BCUT2D eigenvalue weighted by molar-refractivity contribution is -0.116. The molecule has 3 nitrogen and oxygen atoms in total. The van der Waals surface area contributed by atoms with E-state index in [1.165, 1.54) is 17.4 Å². The molecule has 0 aliphatic rings. The molecular formula is C19H21NO2S. The van der Waals surface area contributed by atoms with E-state index in [1.54, 1.807) is 36.0 Å². The molecule has 0 unspecified atom stereocenters. The van der Waals surface area contributed by atoms with Gasteiger partial charge < -0.3 is 5.32 Å². The molecule has 1 amide bonds. The zero-order valence-corrected chi connectivity index (χ0v) is 14.3. The Morgan fingerprint density at radius 2 is 1.65 bits per heavy atom. The molecule has 0 fully saturated rings. The molecule has 2 rings (SSSR count). The minimum absolute atomic E-state index is 0.00470. The quantitative estimate of drug-likeness (QED) is 0.455. The lowest BCUT2D eigenvalue weighted by Gasteiger charge is -2.06. The van der Waals surface area contributed by atoms with Crippen LogP contribution in [0.1, 0.15) is 35.7 Å². The Labute approximate surface area is 141 Å². The Balaban J connectivity index is 1.70. The van der Waals surface area contributed by atoms with Crippen LogP contribution in [0.4, 0.5) is 5.69 Å². The third kappa shape index (κ3) is 5.91. The van der Waals surface area contributed by atoms with Crippen LogP contribution in [0.3, 0.4) is 0 Å². The number of thioether (sulfide) groups is 1. The van der Waals surface area contributed by atoms with Crippen molar-refractivity contribution in [3.8, 4) is 0 Å². The lowest BCUT2D eigenvalue weighted by Crippen LogP contribution is -2.11. The Bertz CT molecular complexity index is 663. The summed E-state index contributed by atoms with van der Waals surface area (Å²) in [5.74, 6) is 0.945. The van der Waals surface area contributed by atoms with Gasteiger partial charge >= 0.3 is 0 Å². The van der Waals surface area contributed by atoms with E-state index < -0.39 is 0 Å². The molecule has 0 heterocycles. The maximum Gasteiger partial charge on any atom is 0.224 e. The van der Waals surface area contributed by atoms with Crippen LogP contribution in [0.2, 0.25) is 0 Å². The van der Waals surface area contributed by atoms with Crippen LogP contribution in [-0.4, -0.2) is 17.4 Å². The number of Topliss-reactive ketones (excluding diaryl/α,β-unsaturated/α-hetero) is 1. The molecule has 0 saturated heterocycles. The molecule has 2 aromatic rings. The minimum Gasteiger partial charge on any atom is -0.326 e. The third-order valence-corrected chi connectivity index (χ3v) is 4.51. The number of hydrogen-bond acceptors (Lipinski definition) is 3. The number of benzene rings is 2. The highest BCUT2D eigenvalue weighted by Crippen LogP contribution is 2.19. The van der Waals surface area contributed by atoms with E-state index >= 15 is 0 Å². The summed E-state index contributed by atoms with van der Waals surface area (Å²) in [6.45, 7) is 3.60. The van der Waals surface area contributed by atoms with Crippen molar-refractivity contribution < 1.29 is 9.59 Å². The molecule has 4 heteroatoms. The summed E-state index contributed by atoms with van der Waals surface area (Å²) in [5.41, 5.74) is 2.63. The number of hydrogen-bond donors (Lipinski definition) is 1. The summed E-state index contributed by atoms with van der Waals surface area (Å²) in [7, 11) is 0. The first-order chi connectivity index (χ1) is 11.0. The number of ketones is 1. The van der Waals surface area contributed by atoms with E-state index in [9.17, 15) is 9.59 Å². The maximum absolute atomic E-state index is 11.9. The maximum atomic E-state index is 11.9. The van der Waals surface area contributed by atoms with E-state index in [2.05, 4.69) is 36.5 Å². The molecule has 0 aromatic heterocycles. The first-order valence-electron chi connectivity index (χ1n) is 7.65. The average Bonchev–Trinajstić information content (AvgIpc) is 2.54. The van der Waals surface area contributed by atoms with Crippen molar-refractivity contribution in [2.24, 2.45) is 0 Å². The van der Waals surface area contributed by atoms with Crippen molar-refractivity contribution in [1.29, 1.82) is 0 Å². The van der Waals surface area contributed by atoms with Crippen molar-refractivity contribution in [3.05, 3.63) is 59.7 Å². The SMILES string of the molecule is CC(=O)c1ccc(NC(=O)CCCSc2ccc(C)cc2)cc1. The molecule has 23 heavy (non-hydrogen) atoms. The number of aryl methyl sites for hydroxylation is 1. The van der Waals surface area contributed by atoms with Crippen molar-refractivity contribution >= 4 is 29.1 Å². The van der Waals surface area contributed by atoms with Crippen molar-refractivity contribution in [3.63, 3.8) is 0 Å². The molecule has 120 valence electrons. The van der Waals surface area contributed by atoms with Gasteiger partial charge in [-0.25, -0.2) is 0 Å². The first kappa shape index (κ1) is 17.3. The van der Waals surface area contributed by atoms with Gasteiger partial charge in [0.2, 0.25) is 5.91 Å². The van der Waals surface area contributed by atoms with E-state index in [1.807, 2.05) is 0 Å². The summed E-state index contributed by atoms with van der Waals surface area (Å²) in [6.07, 6.45) is 1.32. The Morgan fingerprint density at radius 1 is 1.00 bits per heavy atom. The van der Waals surface area contributed by atoms with Crippen molar-refractivity contribution in [2.45, 2.75) is 31.6 Å². The van der Waals surface area contributed by atoms with Crippen LogP contribution < -0.4 is 5.32 Å². The van der Waals surface area contributed by atoms with Crippen LogP contribution in [0.25, 0.3) is 0 Å². The minimum atomic E-state index is 0.00470. The third-order valence-electron chi connectivity index (χ3n) is 3.41. The molecule has 0 saturated carbocycles. The van der Waals surface area contributed by atoms with Crippen LogP contribution >= 0.6 is 11.8 Å². The van der Waals surface area contributed by atoms with Crippen molar-refractivity contribution in [1.82, 2.24) is 0 Å². The monoisotopic (exact) mass is 327 g/mol. The molecular weight excluding hydrogens is 306 g/mol. The largest absolute Gasteiger partial charge is 0.326 e. The lowest BCUT2D eigenvalue weighted by atomic mass is 10.1. The number of amides is 1. The number of nitrogens with one attached hydrogen (secondary N) is 1. The number of anilines is 1. The summed E-state index contributed by atoms with van der Waals surface area (Å²) < 4.78 is 0. The Kier molecular flexibility index (Phi) is 6.41. The van der Waals surface area contributed by atoms with Crippen LogP contribution in [0.5, 0.6) is 0 Å². The smallest absolute Gasteiger partial charge is 0.224 e. The first-order valence-corrected chi connectivity index (χ1v) is 8.63. The van der Waals surface area contributed by atoms with E-state index in [0.29, 0.717) is 12.0 Å². The van der Waals surface area contributed by atoms with Gasteiger partial charge in [-0.1, -0.05) is 17.7 Å². The van der Waals surface area contributed by atoms with E-state index in [4.69, 9.17) is 0 Å². The van der Waals surface area contributed by atoms with Gasteiger partial charge in [-0.15, -0.1) is 11.8 Å². The highest BCUT2D eigenvalue weighted by Gasteiger charge is 2.04. The molecule has 0 aliphatic carbocycles. The molecule has 0 aliphatic heterocycles. The number of carbonyl (C=O) groups excluding carboxylic acids is 2. The van der Waals surface area contributed by atoms with E-state index in [-0.39, 0.29) is 11.7 Å². The van der Waals surface area contributed by atoms with Gasteiger partial charge in [0.05, 0.1) is 0 Å². The van der Waals surface area contributed by atoms with Gasteiger partial charge in [0, 0.05) is 22.6 Å². The Morgan fingerprint density at radius 3 is 2.26 bits per heavy atom. The second-order valence-electron chi connectivity index (χ2n) is 5.45. The van der Waals surface area contributed by atoms with Crippen molar-refractivity contribution in [2.75, 3.05) is 11.1 Å². The van der Waals surface area contributed by atoms with Gasteiger partial charge in [0.25, 0.3) is 0 Å². The summed E-state index contributed by atoms with van der Waals surface area (Å²) in [4.78, 5) is 24.3. The summed E-state index contributed by atoms with van der Waals surface area (Å²) >= 11 is 1.77. The predicted octanol–water partition coefficient (Wildman–Crippen LogP) is 4.71. The fraction of sp³-hybridized carbons (Fsp3) is 0.263. The molecule has 1 N–H and O–H groups in total. The second kappa shape index (κ2) is 8.53. The average molecular weight is 327 g/mol. The zero-order chi connectivity index (χ0) is 16.7. The normalized spacial score (nSPS) is 10.3. The number of carbonyl (C=O) groups is 2. The topological polar surface area (TPSA) is 46.2 Å². The zero-order valence-electron chi connectivity index (χ0n) is 13.5. The van der Waals surface area contributed by atoms with Gasteiger partial charge in [-0.2, -0.15) is 0 Å². The highest BCUT2D eigenvalue weighted by molar-refractivity contribution is 7.99. The fourth-order valence-electron chi connectivity index (χ4n) is 2.07. The van der Waals surface area contributed by atoms with Crippen LogP contribution in [0.15, 0.2) is 53.4 Å². The Hall–Kier alpha value is -2.07. The van der Waals surface area contributed by atoms with Gasteiger partial charge in [-0.05, 0) is 62.4 Å². The fourth-order valence-corrected chi connectivity index (χ4v) is 2.92. The molecule has 0 spiro atoms. The van der Waals surface area contributed by atoms with Gasteiger partial charge in [0.15, 0.2) is 5.78 Å². The summed E-state index contributed by atoms with van der Waals surface area (Å²) in [6, 6.07) is 15.4. The molecule has 0 atom stereocenters. The van der Waals surface area contributed by atoms with Crippen LogP contribution in [0, 0.1) is 6.92 Å². The predicted molar refractivity (Wildman–Crippen MR) is 96.2 cm³/mol. The van der Waals surface area contributed by atoms with Gasteiger partial charge in [0.1, 0.15) is 0 Å².